The molecule has 0 atom stereocenters. The van der Waals surface area contributed by atoms with E-state index in [1.54, 1.807) is 49.7 Å². The first-order valence-corrected chi connectivity index (χ1v) is 8.92. The summed E-state index contributed by atoms with van der Waals surface area (Å²) in [5.74, 6) is 1.20. The fourth-order valence-corrected chi connectivity index (χ4v) is 3.54. The number of carbonyl (C=O) groups excluding carboxylic acids is 1. The third-order valence-electron chi connectivity index (χ3n) is 3.91. The summed E-state index contributed by atoms with van der Waals surface area (Å²) in [5, 5.41) is 0.918. The second kappa shape index (κ2) is 8.01. The van der Waals surface area contributed by atoms with Gasteiger partial charge in [0, 0.05) is 13.1 Å². The highest BCUT2D eigenvalue weighted by Gasteiger charge is 2.10. The summed E-state index contributed by atoms with van der Waals surface area (Å²) >= 11 is 1.61. The number of fused-ring (bicyclic) bond motifs is 1. The normalized spacial score (nSPS) is 11.0. The average molecular weight is 368 g/mol. The number of rotatable bonds is 6. The molecule has 0 aliphatic heterocycles. The van der Waals surface area contributed by atoms with Crippen molar-refractivity contribution in [3.63, 3.8) is 0 Å². The van der Waals surface area contributed by atoms with Gasteiger partial charge in [-0.3, -0.25) is 4.79 Å². The van der Waals surface area contributed by atoms with Gasteiger partial charge in [-0.05, 0) is 35.9 Å². The predicted molar refractivity (Wildman–Crippen MR) is 105 cm³/mol. The first-order valence-electron chi connectivity index (χ1n) is 8.10. The topological polar surface area (TPSA) is 51.7 Å². The summed E-state index contributed by atoms with van der Waals surface area (Å²) in [6, 6.07) is 13.5. The van der Waals surface area contributed by atoms with Crippen LogP contribution in [-0.4, -0.2) is 37.1 Å². The number of ether oxygens (including phenoxy) is 2. The molecule has 0 bridgehead atoms. The summed E-state index contributed by atoms with van der Waals surface area (Å²) < 4.78 is 11.6. The minimum absolute atomic E-state index is 0.0842. The van der Waals surface area contributed by atoms with E-state index in [2.05, 4.69) is 4.98 Å². The van der Waals surface area contributed by atoms with Crippen LogP contribution in [0.5, 0.6) is 11.5 Å². The number of benzene rings is 2. The molecule has 134 valence electrons. The Bertz CT molecular complexity index is 916. The van der Waals surface area contributed by atoms with E-state index in [0.29, 0.717) is 18.0 Å². The second-order valence-corrected chi connectivity index (χ2v) is 6.83. The average Bonchev–Trinajstić information content (AvgIpc) is 3.07. The van der Waals surface area contributed by atoms with E-state index in [1.807, 2.05) is 42.5 Å². The minimum atomic E-state index is -0.0842. The fraction of sp³-hybridized carbons (Fsp3) is 0.200. The quantitative estimate of drug-likeness (QED) is 0.618. The van der Waals surface area contributed by atoms with Crippen LogP contribution in [0.25, 0.3) is 16.3 Å². The van der Waals surface area contributed by atoms with Crippen LogP contribution in [0.2, 0.25) is 0 Å². The van der Waals surface area contributed by atoms with Gasteiger partial charge in [0.25, 0.3) is 0 Å². The lowest BCUT2D eigenvalue weighted by Gasteiger charge is -2.13. The number of aromatic nitrogens is 1. The molecule has 0 aliphatic carbocycles. The molecule has 1 amide bonds. The first-order chi connectivity index (χ1) is 12.6. The van der Waals surface area contributed by atoms with Crippen LogP contribution in [-0.2, 0) is 11.3 Å². The monoisotopic (exact) mass is 368 g/mol. The van der Waals surface area contributed by atoms with Crippen molar-refractivity contribution in [2.75, 3.05) is 21.3 Å². The summed E-state index contributed by atoms with van der Waals surface area (Å²) in [6.45, 7) is 0.481. The molecule has 3 aromatic rings. The number of hydrogen-bond donors (Lipinski definition) is 0. The van der Waals surface area contributed by atoms with Crippen LogP contribution in [0.4, 0.5) is 0 Å². The van der Waals surface area contributed by atoms with Gasteiger partial charge in [-0.2, -0.15) is 0 Å². The fourth-order valence-electron chi connectivity index (χ4n) is 2.52. The van der Waals surface area contributed by atoms with Crippen molar-refractivity contribution in [1.82, 2.24) is 9.88 Å². The van der Waals surface area contributed by atoms with E-state index in [9.17, 15) is 4.79 Å². The van der Waals surface area contributed by atoms with E-state index in [1.165, 1.54) is 0 Å². The van der Waals surface area contributed by atoms with Gasteiger partial charge in [-0.25, -0.2) is 4.98 Å². The molecule has 0 aliphatic rings. The van der Waals surface area contributed by atoms with Gasteiger partial charge in [-0.1, -0.05) is 18.2 Å². The zero-order chi connectivity index (χ0) is 18.5. The lowest BCUT2D eigenvalue weighted by Crippen LogP contribution is -2.23. The highest BCUT2D eigenvalue weighted by atomic mass is 32.1. The molecule has 2 aromatic carbocycles. The van der Waals surface area contributed by atoms with Gasteiger partial charge >= 0.3 is 0 Å². The molecule has 0 saturated carbocycles. The zero-order valence-corrected chi connectivity index (χ0v) is 15.7. The van der Waals surface area contributed by atoms with E-state index < -0.39 is 0 Å². The van der Waals surface area contributed by atoms with E-state index >= 15 is 0 Å². The van der Waals surface area contributed by atoms with Crippen molar-refractivity contribution >= 4 is 33.5 Å². The van der Waals surface area contributed by atoms with Crippen molar-refractivity contribution < 1.29 is 14.3 Å². The van der Waals surface area contributed by atoms with Crippen molar-refractivity contribution in [3.05, 3.63) is 59.1 Å². The largest absolute Gasteiger partial charge is 0.493 e. The van der Waals surface area contributed by atoms with Gasteiger partial charge < -0.3 is 14.4 Å². The molecule has 3 rings (SSSR count). The maximum Gasteiger partial charge on any atom is 0.246 e. The molecule has 0 spiro atoms. The van der Waals surface area contributed by atoms with Crippen LogP contribution in [0.15, 0.2) is 48.5 Å². The number of amides is 1. The van der Waals surface area contributed by atoms with E-state index in [-0.39, 0.29) is 5.91 Å². The predicted octanol–water partition coefficient (Wildman–Crippen LogP) is 3.99. The maximum absolute atomic E-state index is 12.4. The maximum atomic E-state index is 12.4. The molecular weight excluding hydrogens is 348 g/mol. The Hall–Kier alpha value is -2.86. The Morgan fingerprint density at radius 2 is 1.92 bits per heavy atom. The molecule has 0 fully saturated rings. The molecule has 5 nitrogen and oxygen atoms in total. The lowest BCUT2D eigenvalue weighted by molar-refractivity contribution is -0.125. The number of para-hydroxylation sites is 1. The molecule has 0 saturated heterocycles. The van der Waals surface area contributed by atoms with Crippen LogP contribution in [0.1, 0.15) is 10.6 Å². The lowest BCUT2D eigenvalue weighted by atomic mass is 10.2. The number of nitrogens with zero attached hydrogens (tertiary/aromatic N) is 2. The molecule has 0 radical (unpaired) electrons. The molecular formula is C20H20N2O3S. The standard InChI is InChI=1S/C20H20N2O3S/c1-22(13-19-21-15-6-4-5-7-18(15)26-19)20(23)11-9-14-8-10-16(24-2)17(12-14)25-3/h4-12H,13H2,1-3H3/b11-9+. The van der Waals surface area contributed by atoms with Gasteiger partial charge in [0.1, 0.15) is 5.01 Å². The van der Waals surface area contributed by atoms with E-state index in [4.69, 9.17) is 9.47 Å². The SMILES string of the molecule is COc1ccc(/C=C/C(=O)N(C)Cc2nc3ccccc3s2)cc1OC. The molecule has 6 heteroatoms. The summed E-state index contributed by atoms with van der Waals surface area (Å²) in [7, 11) is 4.95. The second-order valence-electron chi connectivity index (χ2n) is 5.72. The number of thiazole rings is 1. The van der Waals surface area contributed by atoms with Crippen LogP contribution < -0.4 is 9.47 Å². The van der Waals surface area contributed by atoms with Gasteiger partial charge in [-0.15, -0.1) is 11.3 Å². The van der Waals surface area contributed by atoms with Crippen molar-refractivity contribution in [1.29, 1.82) is 0 Å². The third-order valence-corrected chi connectivity index (χ3v) is 4.93. The highest BCUT2D eigenvalue weighted by Crippen LogP contribution is 2.28. The molecule has 0 N–H and O–H groups in total. The molecule has 0 unspecified atom stereocenters. The Morgan fingerprint density at radius 3 is 2.65 bits per heavy atom. The Labute approximate surface area is 156 Å². The van der Waals surface area contributed by atoms with E-state index in [0.717, 1.165) is 20.8 Å². The first kappa shape index (κ1) is 17.9. The summed E-state index contributed by atoms with van der Waals surface area (Å²) in [4.78, 5) is 18.6. The van der Waals surface area contributed by atoms with Crippen LogP contribution in [0, 0.1) is 0 Å². The zero-order valence-electron chi connectivity index (χ0n) is 14.9. The van der Waals surface area contributed by atoms with Crippen molar-refractivity contribution in [2.24, 2.45) is 0 Å². The van der Waals surface area contributed by atoms with Crippen molar-refractivity contribution in [3.8, 4) is 11.5 Å². The van der Waals surface area contributed by atoms with Crippen molar-refractivity contribution in [2.45, 2.75) is 6.54 Å². The Morgan fingerprint density at radius 1 is 1.15 bits per heavy atom. The molecule has 26 heavy (non-hydrogen) atoms. The Kier molecular flexibility index (Phi) is 5.53. The number of likely N-dealkylation sites (N-methyl/N-ethyl adjacent to an activating group) is 1. The highest BCUT2D eigenvalue weighted by molar-refractivity contribution is 7.18. The number of hydrogen-bond acceptors (Lipinski definition) is 5. The number of methoxy groups -OCH3 is 2. The molecule has 1 aromatic heterocycles. The van der Waals surface area contributed by atoms with Gasteiger partial charge in [0.2, 0.25) is 5.91 Å². The van der Waals surface area contributed by atoms with Gasteiger partial charge in [0.15, 0.2) is 11.5 Å². The smallest absolute Gasteiger partial charge is 0.246 e. The Balaban J connectivity index is 1.67. The number of carbonyl (C=O) groups is 1. The van der Waals surface area contributed by atoms with Crippen LogP contribution >= 0.6 is 11.3 Å². The minimum Gasteiger partial charge on any atom is -0.493 e. The summed E-state index contributed by atoms with van der Waals surface area (Å²) in [6.07, 6.45) is 3.31. The third kappa shape index (κ3) is 4.03. The van der Waals surface area contributed by atoms with Gasteiger partial charge in [0.05, 0.1) is 31.0 Å². The summed E-state index contributed by atoms with van der Waals surface area (Å²) in [5.41, 5.74) is 1.83. The van der Waals surface area contributed by atoms with Crippen LogP contribution in [0.3, 0.4) is 0 Å². The molecule has 1 heterocycles.